The fourth-order valence-corrected chi connectivity index (χ4v) is 2.41. The van der Waals surface area contributed by atoms with Crippen LogP contribution in [-0.2, 0) is 6.54 Å². The lowest BCUT2D eigenvalue weighted by molar-refractivity contribution is 0.242. The molecule has 1 heterocycles. The third kappa shape index (κ3) is 2.74. The minimum Gasteiger partial charge on any atom is -0.508 e. The second kappa shape index (κ2) is 5.32. The van der Waals surface area contributed by atoms with Gasteiger partial charge in [0, 0.05) is 19.1 Å². The maximum Gasteiger partial charge on any atom is 0.115 e. The van der Waals surface area contributed by atoms with Crippen LogP contribution < -0.4 is 5.32 Å². The number of phenolic OH excluding ortho intramolecular Hbond substituents is 1. The highest BCUT2D eigenvalue weighted by molar-refractivity contribution is 5.25. The maximum atomic E-state index is 9.23. The monoisotopic (exact) mass is 220 g/mol. The van der Waals surface area contributed by atoms with Crippen LogP contribution in [0.2, 0.25) is 0 Å². The summed E-state index contributed by atoms with van der Waals surface area (Å²) in [6, 6.07) is 8.20. The number of rotatable bonds is 4. The molecule has 2 rings (SSSR count). The summed E-state index contributed by atoms with van der Waals surface area (Å²) in [5, 5.41) is 12.5. The van der Waals surface area contributed by atoms with E-state index in [1.807, 2.05) is 19.2 Å². The summed E-state index contributed by atoms with van der Waals surface area (Å²) < 4.78 is 0. The summed E-state index contributed by atoms with van der Waals surface area (Å²) in [5.41, 5.74) is 1.28. The molecule has 0 saturated carbocycles. The minimum atomic E-state index is 0.344. The molecule has 0 amide bonds. The van der Waals surface area contributed by atoms with Crippen molar-refractivity contribution in [2.75, 3.05) is 20.1 Å². The Labute approximate surface area is 97.1 Å². The van der Waals surface area contributed by atoms with E-state index in [9.17, 15) is 5.11 Å². The zero-order valence-electron chi connectivity index (χ0n) is 9.82. The second-order valence-electron chi connectivity index (χ2n) is 4.49. The number of hydrogen-bond donors (Lipinski definition) is 2. The lowest BCUT2D eigenvalue weighted by Gasteiger charge is -2.24. The van der Waals surface area contributed by atoms with Gasteiger partial charge >= 0.3 is 0 Å². The molecular formula is C13H20N2O. The van der Waals surface area contributed by atoms with Crippen LogP contribution in [0.25, 0.3) is 0 Å². The van der Waals surface area contributed by atoms with Gasteiger partial charge in [-0.3, -0.25) is 4.90 Å². The van der Waals surface area contributed by atoms with Crippen LogP contribution in [0.15, 0.2) is 24.3 Å². The number of nitrogens with zero attached hydrogens (tertiary/aromatic N) is 1. The Kier molecular flexibility index (Phi) is 3.80. The molecule has 0 radical (unpaired) electrons. The van der Waals surface area contributed by atoms with E-state index < -0.39 is 0 Å². The molecule has 3 nitrogen and oxygen atoms in total. The van der Waals surface area contributed by atoms with E-state index in [0.717, 1.165) is 13.1 Å². The quantitative estimate of drug-likeness (QED) is 0.808. The van der Waals surface area contributed by atoms with E-state index in [1.165, 1.54) is 24.9 Å². The van der Waals surface area contributed by atoms with Crippen molar-refractivity contribution < 1.29 is 5.11 Å². The Morgan fingerprint density at radius 2 is 2.12 bits per heavy atom. The van der Waals surface area contributed by atoms with Gasteiger partial charge in [-0.15, -0.1) is 0 Å². The molecule has 1 unspecified atom stereocenters. The Hall–Kier alpha value is -1.06. The standard InChI is InChI=1S/C13H20N2O/c1-14-9-12-3-2-8-15(12)10-11-4-6-13(16)7-5-11/h4-7,12,14,16H,2-3,8-10H2,1H3. The molecule has 16 heavy (non-hydrogen) atoms. The van der Waals surface area contributed by atoms with Crippen molar-refractivity contribution >= 4 is 0 Å². The van der Waals surface area contributed by atoms with Gasteiger partial charge < -0.3 is 10.4 Å². The Morgan fingerprint density at radius 1 is 1.38 bits per heavy atom. The van der Waals surface area contributed by atoms with Crippen molar-refractivity contribution in [2.24, 2.45) is 0 Å². The van der Waals surface area contributed by atoms with Gasteiger partial charge in [0.25, 0.3) is 0 Å². The van der Waals surface area contributed by atoms with Gasteiger partial charge in [-0.05, 0) is 44.1 Å². The van der Waals surface area contributed by atoms with Crippen molar-refractivity contribution in [1.29, 1.82) is 0 Å². The molecule has 1 aromatic rings. The highest BCUT2D eigenvalue weighted by atomic mass is 16.3. The minimum absolute atomic E-state index is 0.344. The van der Waals surface area contributed by atoms with Crippen LogP contribution in [0.3, 0.4) is 0 Å². The zero-order chi connectivity index (χ0) is 11.4. The lowest BCUT2D eigenvalue weighted by Crippen LogP contribution is -2.36. The van der Waals surface area contributed by atoms with Crippen molar-refractivity contribution in [2.45, 2.75) is 25.4 Å². The third-order valence-electron chi connectivity index (χ3n) is 3.26. The summed E-state index contributed by atoms with van der Waals surface area (Å²) in [6.45, 7) is 3.25. The average molecular weight is 220 g/mol. The summed E-state index contributed by atoms with van der Waals surface area (Å²) in [7, 11) is 2.01. The van der Waals surface area contributed by atoms with Crippen molar-refractivity contribution in [3.8, 4) is 5.75 Å². The topological polar surface area (TPSA) is 35.5 Å². The first-order valence-corrected chi connectivity index (χ1v) is 5.96. The molecule has 0 aliphatic carbocycles. The molecule has 2 N–H and O–H groups in total. The molecule has 0 aromatic heterocycles. The normalized spacial score (nSPS) is 21.4. The summed E-state index contributed by atoms with van der Waals surface area (Å²) in [4.78, 5) is 2.52. The van der Waals surface area contributed by atoms with E-state index >= 15 is 0 Å². The van der Waals surface area contributed by atoms with Crippen LogP contribution in [-0.4, -0.2) is 36.2 Å². The van der Waals surface area contributed by atoms with Gasteiger partial charge in [0.15, 0.2) is 0 Å². The number of likely N-dealkylation sites (tertiary alicyclic amines) is 1. The van der Waals surface area contributed by atoms with E-state index in [4.69, 9.17) is 0 Å². The molecule has 1 aliphatic rings. The Bertz CT molecular complexity index is 323. The van der Waals surface area contributed by atoms with E-state index in [2.05, 4.69) is 10.2 Å². The predicted molar refractivity (Wildman–Crippen MR) is 65.5 cm³/mol. The largest absolute Gasteiger partial charge is 0.508 e. The Morgan fingerprint density at radius 3 is 2.81 bits per heavy atom. The fourth-order valence-electron chi connectivity index (χ4n) is 2.41. The highest BCUT2D eigenvalue weighted by Crippen LogP contribution is 2.20. The smallest absolute Gasteiger partial charge is 0.115 e. The molecule has 0 bridgehead atoms. The maximum absolute atomic E-state index is 9.23. The highest BCUT2D eigenvalue weighted by Gasteiger charge is 2.23. The summed E-state index contributed by atoms with van der Waals surface area (Å²) in [5.74, 6) is 0.344. The number of aromatic hydroxyl groups is 1. The molecule has 1 aliphatic heterocycles. The lowest BCUT2D eigenvalue weighted by atomic mass is 10.2. The second-order valence-corrected chi connectivity index (χ2v) is 4.49. The number of benzene rings is 1. The first-order valence-electron chi connectivity index (χ1n) is 5.96. The first-order chi connectivity index (χ1) is 7.79. The number of hydrogen-bond acceptors (Lipinski definition) is 3. The van der Waals surface area contributed by atoms with Crippen LogP contribution in [0.1, 0.15) is 18.4 Å². The van der Waals surface area contributed by atoms with Crippen molar-refractivity contribution in [3.05, 3.63) is 29.8 Å². The molecule has 1 atom stereocenters. The molecule has 0 spiro atoms. The van der Waals surface area contributed by atoms with E-state index in [1.54, 1.807) is 12.1 Å². The Balaban J connectivity index is 1.95. The first kappa shape index (κ1) is 11.4. The van der Waals surface area contributed by atoms with Gasteiger partial charge in [-0.25, -0.2) is 0 Å². The molecule has 1 fully saturated rings. The van der Waals surface area contributed by atoms with Gasteiger partial charge in [-0.1, -0.05) is 12.1 Å². The molecule has 1 saturated heterocycles. The van der Waals surface area contributed by atoms with Gasteiger partial charge in [0.2, 0.25) is 0 Å². The van der Waals surface area contributed by atoms with E-state index in [0.29, 0.717) is 11.8 Å². The van der Waals surface area contributed by atoms with Crippen LogP contribution in [0.4, 0.5) is 0 Å². The van der Waals surface area contributed by atoms with Gasteiger partial charge in [0.05, 0.1) is 0 Å². The average Bonchev–Trinajstić information content (AvgIpc) is 2.70. The predicted octanol–water partition coefficient (Wildman–Crippen LogP) is 1.58. The summed E-state index contributed by atoms with van der Waals surface area (Å²) >= 11 is 0. The SMILES string of the molecule is CNCC1CCCN1Cc1ccc(O)cc1. The molecular weight excluding hydrogens is 200 g/mol. The van der Waals surface area contributed by atoms with E-state index in [-0.39, 0.29) is 0 Å². The molecule has 88 valence electrons. The van der Waals surface area contributed by atoms with Crippen LogP contribution in [0, 0.1) is 0 Å². The summed E-state index contributed by atoms with van der Waals surface area (Å²) in [6.07, 6.45) is 2.59. The molecule has 3 heteroatoms. The number of phenols is 1. The van der Waals surface area contributed by atoms with Crippen LogP contribution in [0.5, 0.6) is 5.75 Å². The number of likely N-dealkylation sites (N-methyl/N-ethyl adjacent to an activating group) is 1. The van der Waals surface area contributed by atoms with Gasteiger partial charge in [-0.2, -0.15) is 0 Å². The zero-order valence-corrected chi connectivity index (χ0v) is 9.82. The molecule has 1 aromatic carbocycles. The number of nitrogens with one attached hydrogen (secondary N) is 1. The van der Waals surface area contributed by atoms with Gasteiger partial charge in [0.1, 0.15) is 5.75 Å². The van der Waals surface area contributed by atoms with Crippen molar-refractivity contribution in [3.63, 3.8) is 0 Å². The van der Waals surface area contributed by atoms with Crippen molar-refractivity contribution in [1.82, 2.24) is 10.2 Å². The third-order valence-corrected chi connectivity index (χ3v) is 3.26. The van der Waals surface area contributed by atoms with Crippen LogP contribution >= 0.6 is 0 Å². The fraction of sp³-hybridized carbons (Fsp3) is 0.538.